The van der Waals surface area contributed by atoms with Crippen LogP contribution < -0.4 is 5.32 Å². The van der Waals surface area contributed by atoms with Crippen LogP contribution in [0.2, 0.25) is 5.02 Å². The van der Waals surface area contributed by atoms with Crippen LogP contribution in [0.15, 0.2) is 71.6 Å². The number of halogens is 1. The minimum atomic E-state index is -0.393. The van der Waals surface area contributed by atoms with Crippen molar-refractivity contribution in [3.8, 4) is 17.1 Å². The molecule has 4 rings (SSSR count). The van der Waals surface area contributed by atoms with Crippen LogP contribution in [0.25, 0.3) is 17.1 Å². The number of carbonyl (C=O) groups excluding carboxylic acids is 1. The minimum Gasteiger partial charge on any atom is -0.355 e. The van der Waals surface area contributed by atoms with Gasteiger partial charge in [-0.3, -0.25) is 4.79 Å². The summed E-state index contributed by atoms with van der Waals surface area (Å²) in [5.74, 6) is 0.721. The standard InChI is InChI=1S/C18H12ClN5O2/c19-13-4-1-3-12(9-13)16-10-15(23-26-16)18(25)22-14-5-6-17(20-11-14)24-8-2-7-21-24/h1-11H,(H,22,25). The summed E-state index contributed by atoms with van der Waals surface area (Å²) in [4.78, 5) is 16.6. The van der Waals surface area contributed by atoms with E-state index in [0.29, 0.717) is 22.3 Å². The van der Waals surface area contributed by atoms with Crippen LogP contribution in [-0.4, -0.2) is 25.8 Å². The van der Waals surface area contributed by atoms with Crippen LogP contribution >= 0.6 is 11.6 Å². The summed E-state index contributed by atoms with van der Waals surface area (Å²) >= 11 is 5.97. The van der Waals surface area contributed by atoms with E-state index < -0.39 is 5.91 Å². The maximum Gasteiger partial charge on any atom is 0.277 e. The Bertz CT molecular complexity index is 1040. The molecule has 128 valence electrons. The first-order valence-corrected chi connectivity index (χ1v) is 8.07. The highest BCUT2D eigenvalue weighted by Crippen LogP contribution is 2.23. The van der Waals surface area contributed by atoms with Crippen molar-refractivity contribution < 1.29 is 9.32 Å². The highest BCUT2D eigenvalue weighted by atomic mass is 35.5. The third-order valence-corrected chi connectivity index (χ3v) is 3.83. The van der Waals surface area contributed by atoms with Gasteiger partial charge in [-0.15, -0.1) is 0 Å². The number of nitrogens with one attached hydrogen (secondary N) is 1. The molecule has 7 nitrogen and oxygen atoms in total. The SMILES string of the molecule is O=C(Nc1ccc(-n2cccn2)nc1)c1cc(-c2cccc(Cl)c2)on1. The van der Waals surface area contributed by atoms with Crippen molar-refractivity contribution >= 4 is 23.2 Å². The predicted octanol–water partition coefficient (Wildman–Crippen LogP) is 3.83. The monoisotopic (exact) mass is 365 g/mol. The zero-order valence-corrected chi connectivity index (χ0v) is 14.1. The van der Waals surface area contributed by atoms with E-state index in [1.165, 1.54) is 0 Å². The van der Waals surface area contributed by atoms with Crippen LogP contribution in [0.3, 0.4) is 0 Å². The lowest BCUT2D eigenvalue weighted by Gasteiger charge is -2.04. The molecule has 0 aliphatic rings. The largest absolute Gasteiger partial charge is 0.355 e. The van der Waals surface area contributed by atoms with E-state index in [1.807, 2.05) is 6.07 Å². The molecule has 1 aromatic carbocycles. The Morgan fingerprint density at radius 2 is 2.08 bits per heavy atom. The van der Waals surface area contributed by atoms with E-state index in [2.05, 4.69) is 20.6 Å². The van der Waals surface area contributed by atoms with Crippen molar-refractivity contribution in [1.82, 2.24) is 19.9 Å². The van der Waals surface area contributed by atoms with Crippen LogP contribution in [0.5, 0.6) is 0 Å². The molecule has 1 amide bonds. The summed E-state index contributed by atoms with van der Waals surface area (Å²) in [6, 6.07) is 14.0. The third-order valence-electron chi connectivity index (χ3n) is 3.60. The van der Waals surface area contributed by atoms with Crippen LogP contribution in [0.4, 0.5) is 5.69 Å². The zero-order chi connectivity index (χ0) is 17.9. The minimum absolute atomic E-state index is 0.163. The average Bonchev–Trinajstić information content (AvgIpc) is 3.35. The van der Waals surface area contributed by atoms with Gasteiger partial charge in [0.15, 0.2) is 17.3 Å². The van der Waals surface area contributed by atoms with E-state index in [1.54, 1.807) is 65.7 Å². The van der Waals surface area contributed by atoms with Gasteiger partial charge >= 0.3 is 0 Å². The fraction of sp³-hybridized carbons (Fsp3) is 0. The van der Waals surface area contributed by atoms with Crippen molar-refractivity contribution in [2.75, 3.05) is 5.32 Å². The second-order valence-electron chi connectivity index (χ2n) is 5.40. The molecule has 0 aliphatic carbocycles. The summed E-state index contributed by atoms with van der Waals surface area (Å²) in [6.07, 6.45) is 5.00. The van der Waals surface area contributed by atoms with Crippen molar-refractivity contribution in [2.45, 2.75) is 0 Å². The summed E-state index contributed by atoms with van der Waals surface area (Å²) in [5, 5.41) is 11.2. The lowest BCUT2D eigenvalue weighted by molar-refractivity contribution is 0.101. The zero-order valence-electron chi connectivity index (χ0n) is 13.3. The molecule has 8 heteroatoms. The van der Waals surface area contributed by atoms with E-state index in [4.69, 9.17) is 16.1 Å². The number of pyridine rings is 1. The molecule has 0 fully saturated rings. The Labute approximate surface area is 153 Å². The highest BCUT2D eigenvalue weighted by Gasteiger charge is 2.14. The molecule has 0 radical (unpaired) electrons. The maximum absolute atomic E-state index is 12.3. The lowest BCUT2D eigenvalue weighted by atomic mass is 10.1. The molecule has 3 heterocycles. The van der Waals surface area contributed by atoms with Crippen LogP contribution in [0, 0.1) is 0 Å². The smallest absolute Gasteiger partial charge is 0.277 e. The number of anilines is 1. The van der Waals surface area contributed by atoms with Gasteiger partial charge in [0.05, 0.1) is 11.9 Å². The second-order valence-corrected chi connectivity index (χ2v) is 5.83. The van der Waals surface area contributed by atoms with E-state index in [-0.39, 0.29) is 5.69 Å². The number of carbonyl (C=O) groups is 1. The van der Waals surface area contributed by atoms with Gasteiger partial charge < -0.3 is 9.84 Å². The quantitative estimate of drug-likeness (QED) is 0.594. The maximum atomic E-state index is 12.3. The Balaban J connectivity index is 1.48. The first-order chi connectivity index (χ1) is 12.7. The van der Waals surface area contributed by atoms with Crippen LogP contribution in [0.1, 0.15) is 10.5 Å². The van der Waals surface area contributed by atoms with Gasteiger partial charge in [-0.25, -0.2) is 9.67 Å². The van der Waals surface area contributed by atoms with Crippen molar-refractivity contribution in [1.29, 1.82) is 0 Å². The van der Waals surface area contributed by atoms with Gasteiger partial charge in [0.1, 0.15) is 0 Å². The van der Waals surface area contributed by atoms with Gasteiger partial charge in [0.2, 0.25) is 0 Å². The molecule has 0 saturated heterocycles. The number of benzene rings is 1. The molecule has 0 spiro atoms. The first-order valence-electron chi connectivity index (χ1n) is 7.69. The molecule has 0 atom stereocenters. The molecule has 4 aromatic rings. The molecule has 3 aromatic heterocycles. The topological polar surface area (TPSA) is 85.8 Å². The summed E-state index contributed by atoms with van der Waals surface area (Å²) in [5.41, 5.74) is 1.45. The number of hydrogen-bond acceptors (Lipinski definition) is 5. The van der Waals surface area contributed by atoms with Crippen molar-refractivity contribution in [3.63, 3.8) is 0 Å². The van der Waals surface area contributed by atoms with Gasteiger partial charge in [-0.05, 0) is 30.3 Å². The number of aromatic nitrogens is 4. The summed E-state index contributed by atoms with van der Waals surface area (Å²) < 4.78 is 6.86. The number of rotatable bonds is 4. The second kappa shape index (κ2) is 6.81. The third kappa shape index (κ3) is 3.33. The van der Waals surface area contributed by atoms with Gasteiger partial charge in [0, 0.05) is 29.0 Å². The highest BCUT2D eigenvalue weighted by molar-refractivity contribution is 6.30. The first kappa shape index (κ1) is 16.0. The normalized spacial score (nSPS) is 10.7. The summed E-state index contributed by atoms with van der Waals surface area (Å²) in [7, 11) is 0. The van der Waals surface area contributed by atoms with Crippen LogP contribution in [-0.2, 0) is 0 Å². The van der Waals surface area contributed by atoms with E-state index in [9.17, 15) is 4.79 Å². The fourth-order valence-electron chi connectivity index (χ4n) is 2.36. The van der Waals surface area contributed by atoms with Crippen molar-refractivity contribution in [3.05, 3.63) is 77.8 Å². The fourth-order valence-corrected chi connectivity index (χ4v) is 2.55. The average molecular weight is 366 g/mol. The Morgan fingerprint density at radius 1 is 1.15 bits per heavy atom. The Morgan fingerprint density at radius 3 is 2.81 bits per heavy atom. The lowest BCUT2D eigenvalue weighted by Crippen LogP contribution is -2.12. The molecular weight excluding hydrogens is 354 g/mol. The molecule has 1 N–H and O–H groups in total. The van der Waals surface area contributed by atoms with E-state index in [0.717, 1.165) is 5.56 Å². The molecule has 0 unspecified atom stereocenters. The molecule has 0 aliphatic heterocycles. The molecule has 26 heavy (non-hydrogen) atoms. The number of hydrogen-bond donors (Lipinski definition) is 1. The van der Waals surface area contributed by atoms with Gasteiger partial charge in [-0.2, -0.15) is 5.10 Å². The Hall–Kier alpha value is -3.45. The van der Waals surface area contributed by atoms with Gasteiger partial charge in [-0.1, -0.05) is 28.9 Å². The molecule has 0 saturated carbocycles. The number of amides is 1. The number of nitrogens with zero attached hydrogens (tertiary/aromatic N) is 4. The predicted molar refractivity (Wildman–Crippen MR) is 96.3 cm³/mol. The van der Waals surface area contributed by atoms with E-state index >= 15 is 0 Å². The molecular formula is C18H12ClN5O2. The Kier molecular flexibility index (Phi) is 4.20. The molecule has 0 bridgehead atoms. The van der Waals surface area contributed by atoms with Gasteiger partial charge in [0.25, 0.3) is 5.91 Å². The summed E-state index contributed by atoms with van der Waals surface area (Å²) in [6.45, 7) is 0. The van der Waals surface area contributed by atoms with Crippen molar-refractivity contribution in [2.24, 2.45) is 0 Å².